The highest BCUT2D eigenvalue weighted by Gasteiger charge is 2.47. The number of hydrogen-bond donors (Lipinski definition) is 1. The van der Waals surface area contributed by atoms with Crippen LogP contribution in [-0.4, -0.2) is 55.9 Å². The van der Waals surface area contributed by atoms with Crippen LogP contribution in [0.3, 0.4) is 0 Å². The Morgan fingerprint density at radius 2 is 1.69 bits per heavy atom. The van der Waals surface area contributed by atoms with E-state index in [0.717, 1.165) is 5.56 Å². The minimum Gasteiger partial charge on any atom is -0.497 e. The lowest BCUT2D eigenvalue weighted by Crippen LogP contribution is -2.56. The molecule has 3 unspecified atom stereocenters. The average Bonchev–Trinajstić information content (AvgIpc) is 3.05. The molecule has 196 valence electrons. The molecule has 1 fully saturated rings. The first kappa shape index (κ1) is 27.5. The zero-order valence-electron chi connectivity index (χ0n) is 21.3. The molecular weight excluding hydrogens is 480 g/mol. The zero-order valence-corrected chi connectivity index (χ0v) is 22.2. The number of nitrogens with two attached hydrogens (primary N) is 1. The Bertz CT molecular complexity index is 1140. The van der Waals surface area contributed by atoms with E-state index in [2.05, 4.69) is 0 Å². The van der Waals surface area contributed by atoms with Crippen LogP contribution in [0.2, 0.25) is 0 Å². The molecule has 2 aromatic rings. The number of primary amides is 1. The number of hydrogen-bond acceptors (Lipinski definition) is 6. The van der Waals surface area contributed by atoms with E-state index in [4.69, 9.17) is 15.2 Å². The van der Waals surface area contributed by atoms with E-state index in [0.29, 0.717) is 25.0 Å². The Morgan fingerprint density at radius 1 is 1.06 bits per heavy atom. The third kappa shape index (κ3) is 6.57. The van der Waals surface area contributed by atoms with Crippen LogP contribution in [0, 0.1) is 5.92 Å². The molecule has 2 aromatic carbocycles. The lowest BCUT2D eigenvalue weighted by atomic mass is 9.87. The van der Waals surface area contributed by atoms with Gasteiger partial charge < -0.3 is 20.1 Å². The molecule has 36 heavy (non-hydrogen) atoms. The van der Waals surface area contributed by atoms with Gasteiger partial charge in [-0.05, 0) is 69.9 Å². The van der Waals surface area contributed by atoms with Crippen molar-refractivity contribution in [3.05, 3.63) is 60.2 Å². The monoisotopic (exact) mass is 516 g/mol. The first-order valence-electron chi connectivity index (χ1n) is 12.1. The normalized spacial score (nSPS) is 19.7. The van der Waals surface area contributed by atoms with Crippen molar-refractivity contribution in [1.29, 1.82) is 0 Å². The fraction of sp³-hybridized carbons (Fsp3) is 0.481. The second-order valence-corrected chi connectivity index (χ2v) is 12.3. The van der Waals surface area contributed by atoms with Gasteiger partial charge in [0.1, 0.15) is 17.4 Å². The van der Waals surface area contributed by atoms with Crippen molar-refractivity contribution >= 4 is 21.8 Å². The number of urea groups is 1. The molecular formula is C27H36N2O6S. The van der Waals surface area contributed by atoms with Crippen molar-refractivity contribution in [3.8, 4) is 5.75 Å². The van der Waals surface area contributed by atoms with Gasteiger partial charge in [0.15, 0.2) is 9.84 Å². The van der Waals surface area contributed by atoms with E-state index in [1.807, 2.05) is 30.3 Å². The van der Waals surface area contributed by atoms with Crippen LogP contribution in [0.15, 0.2) is 59.5 Å². The summed E-state index contributed by atoms with van der Waals surface area (Å²) in [4.78, 5) is 27.4. The summed E-state index contributed by atoms with van der Waals surface area (Å²) in [6.07, 6.45) is 1.86. The number of likely N-dealkylation sites (tertiary alicyclic amines) is 1. The van der Waals surface area contributed by atoms with Crippen molar-refractivity contribution in [2.45, 2.75) is 68.2 Å². The molecule has 0 aliphatic carbocycles. The number of benzene rings is 2. The Kier molecular flexibility index (Phi) is 8.66. The summed E-state index contributed by atoms with van der Waals surface area (Å²) in [5.41, 5.74) is 5.71. The Hall–Kier alpha value is -3.07. The van der Waals surface area contributed by atoms with Crippen LogP contribution in [0.4, 0.5) is 4.79 Å². The van der Waals surface area contributed by atoms with E-state index in [9.17, 15) is 18.0 Å². The molecule has 3 rings (SSSR count). The predicted octanol–water partition coefficient (Wildman–Crippen LogP) is 3.97. The van der Waals surface area contributed by atoms with Crippen LogP contribution >= 0.6 is 0 Å². The van der Waals surface area contributed by atoms with Crippen molar-refractivity contribution < 1.29 is 27.5 Å². The number of esters is 1. The second-order valence-electron chi connectivity index (χ2n) is 10.1. The third-order valence-corrected chi connectivity index (χ3v) is 8.65. The molecule has 0 spiro atoms. The summed E-state index contributed by atoms with van der Waals surface area (Å²) in [5, 5.41) is -0.995. The lowest BCUT2D eigenvalue weighted by molar-refractivity contribution is -0.162. The summed E-state index contributed by atoms with van der Waals surface area (Å²) >= 11 is 0. The molecule has 1 saturated heterocycles. The van der Waals surface area contributed by atoms with Crippen LogP contribution in [0.1, 0.15) is 45.6 Å². The van der Waals surface area contributed by atoms with Gasteiger partial charge in [-0.2, -0.15) is 0 Å². The van der Waals surface area contributed by atoms with E-state index in [1.54, 1.807) is 32.9 Å². The predicted molar refractivity (Wildman–Crippen MR) is 137 cm³/mol. The Morgan fingerprint density at radius 3 is 2.25 bits per heavy atom. The number of sulfone groups is 1. The summed E-state index contributed by atoms with van der Waals surface area (Å²) in [6.45, 7) is 5.47. The number of rotatable bonds is 7. The van der Waals surface area contributed by atoms with Crippen molar-refractivity contribution in [2.24, 2.45) is 11.7 Å². The van der Waals surface area contributed by atoms with Crippen LogP contribution in [0.5, 0.6) is 5.75 Å². The number of carbonyl (C=O) groups excluding carboxylic acids is 2. The van der Waals surface area contributed by atoms with Gasteiger partial charge in [-0.15, -0.1) is 0 Å². The molecule has 0 saturated carbocycles. The third-order valence-electron chi connectivity index (χ3n) is 6.40. The molecule has 0 bridgehead atoms. The maximum atomic E-state index is 14.2. The van der Waals surface area contributed by atoms with E-state index < -0.39 is 44.6 Å². The number of nitrogens with zero attached hydrogens (tertiary/aromatic N) is 1. The van der Waals surface area contributed by atoms with Crippen LogP contribution in [-0.2, 0) is 25.8 Å². The van der Waals surface area contributed by atoms with Crippen LogP contribution < -0.4 is 10.5 Å². The number of carbonyl (C=O) groups is 2. The first-order chi connectivity index (χ1) is 16.9. The zero-order chi connectivity index (χ0) is 26.5. The highest BCUT2D eigenvalue weighted by atomic mass is 32.2. The minimum absolute atomic E-state index is 0.127. The number of methoxy groups -OCH3 is 1. The topological polar surface area (TPSA) is 116 Å². The maximum absolute atomic E-state index is 14.2. The van der Waals surface area contributed by atoms with Gasteiger partial charge in [0.25, 0.3) is 0 Å². The standard InChI is InChI=1S/C27H36N2O6S/c1-27(2,3)35-25(30)24-22(12-8-9-17-29(24)26(28)31)23(18-19-10-6-5-7-11-19)36(32,33)21-15-13-20(34-4)14-16-21/h5-7,10-11,13-16,22-24H,8-9,12,17-18H2,1-4H3,(H2,28,31). The highest BCUT2D eigenvalue weighted by molar-refractivity contribution is 7.92. The highest BCUT2D eigenvalue weighted by Crippen LogP contribution is 2.36. The first-order valence-corrected chi connectivity index (χ1v) is 13.7. The summed E-state index contributed by atoms with van der Waals surface area (Å²) in [7, 11) is -2.43. The fourth-order valence-corrected chi connectivity index (χ4v) is 6.79. The molecule has 9 heteroatoms. The molecule has 2 N–H and O–H groups in total. The van der Waals surface area contributed by atoms with Crippen molar-refractivity contribution in [2.75, 3.05) is 13.7 Å². The van der Waals surface area contributed by atoms with Crippen molar-refractivity contribution in [3.63, 3.8) is 0 Å². The molecule has 1 aliphatic rings. The summed E-state index contributed by atoms with van der Waals surface area (Å²) in [6, 6.07) is 13.6. The molecule has 0 aromatic heterocycles. The molecule has 1 aliphatic heterocycles. The van der Waals surface area contributed by atoms with E-state index >= 15 is 0 Å². The van der Waals surface area contributed by atoms with Crippen LogP contribution in [0.25, 0.3) is 0 Å². The molecule has 0 radical (unpaired) electrons. The second kappa shape index (κ2) is 11.3. The van der Waals surface area contributed by atoms with Gasteiger partial charge in [0.05, 0.1) is 17.3 Å². The van der Waals surface area contributed by atoms with E-state index in [-0.39, 0.29) is 17.9 Å². The number of amides is 2. The van der Waals surface area contributed by atoms with E-state index in [1.165, 1.54) is 24.1 Å². The summed E-state index contributed by atoms with van der Waals surface area (Å²) in [5.74, 6) is -0.826. The molecule has 2 amide bonds. The number of ether oxygens (including phenoxy) is 2. The largest absolute Gasteiger partial charge is 0.497 e. The molecule has 1 heterocycles. The van der Waals surface area contributed by atoms with Gasteiger partial charge in [0, 0.05) is 12.5 Å². The lowest BCUT2D eigenvalue weighted by Gasteiger charge is -2.37. The molecule has 3 atom stereocenters. The van der Waals surface area contributed by atoms with Gasteiger partial charge in [-0.25, -0.2) is 18.0 Å². The van der Waals surface area contributed by atoms with Gasteiger partial charge >= 0.3 is 12.0 Å². The SMILES string of the molecule is COc1ccc(S(=O)(=O)C(Cc2ccccc2)C2CCCCN(C(N)=O)C2C(=O)OC(C)(C)C)cc1. The maximum Gasteiger partial charge on any atom is 0.329 e. The molecule has 8 nitrogen and oxygen atoms in total. The fourth-order valence-electron chi connectivity index (χ4n) is 4.77. The average molecular weight is 517 g/mol. The quantitative estimate of drug-likeness (QED) is 0.557. The Labute approximate surface area is 213 Å². The Balaban J connectivity index is 2.15. The van der Waals surface area contributed by atoms with Crippen molar-refractivity contribution in [1.82, 2.24) is 4.90 Å². The van der Waals surface area contributed by atoms with Gasteiger partial charge in [-0.1, -0.05) is 36.8 Å². The van der Waals surface area contributed by atoms with Gasteiger partial charge in [0.2, 0.25) is 0 Å². The summed E-state index contributed by atoms with van der Waals surface area (Å²) < 4.78 is 39.2. The van der Waals surface area contributed by atoms with Gasteiger partial charge in [-0.3, -0.25) is 0 Å². The smallest absolute Gasteiger partial charge is 0.329 e. The minimum atomic E-state index is -3.94.